The van der Waals surface area contributed by atoms with Gasteiger partial charge in [0.25, 0.3) is 0 Å². The minimum atomic E-state index is 0.0617. The van der Waals surface area contributed by atoms with Crippen molar-refractivity contribution >= 4 is 5.69 Å². The molecule has 24 heavy (non-hydrogen) atoms. The summed E-state index contributed by atoms with van der Waals surface area (Å²) in [6.07, 6.45) is 4.65. The summed E-state index contributed by atoms with van der Waals surface area (Å²) < 4.78 is 5.52. The number of morpholine rings is 1. The zero-order chi connectivity index (χ0) is 16.7. The monoisotopic (exact) mass is 326 g/mol. The van der Waals surface area contributed by atoms with Crippen molar-refractivity contribution in [3.05, 3.63) is 29.6 Å². The predicted molar refractivity (Wildman–Crippen MR) is 95.5 cm³/mol. The van der Waals surface area contributed by atoms with Crippen molar-refractivity contribution in [2.24, 2.45) is 0 Å². The Morgan fingerprint density at radius 2 is 1.88 bits per heavy atom. The maximum absolute atomic E-state index is 5.52. The molecule has 0 amide bonds. The molecule has 4 rings (SSSR count). The summed E-state index contributed by atoms with van der Waals surface area (Å²) >= 11 is 0. The summed E-state index contributed by atoms with van der Waals surface area (Å²) in [4.78, 5) is 7.16. The van der Waals surface area contributed by atoms with Gasteiger partial charge in [0, 0.05) is 36.1 Å². The molecule has 2 fully saturated rings. The number of pyridine rings is 1. The van der Waals surface area contributed by atoms with Gasteiger partial charge in [0.15, 0.2) is 0 Å². The molecule has 5 nitrogen and oxygen atoms in total. The van der Waals surface area contributed by atoms with Crippen molar-refractivity contribution in [1.82, 2.24) is 15.2 Å². The Kier molecular flexibility index (Phi) is 3.83. The van der Waals surface area contributed by atoms with Crippen LogP contribution in [0.3, 0.4) is 0 Å². The van der Waals surface area contributed by atoms with Crippen LogP contribution in [0.25, 0.3) is 11.4 Å². The number of nitrogens with zero attached hydrogens (tertiary/aromatic N) is 3. The summed E-state index contributed by atoms with van der Waals surface area (Å²) in [5.74, 6) is 0.689. The average molecular weight is 326 g/mol. The van der Waals surface area contributed by atoms with E-state index in [0.717, 1.165) is 43.4 Å². The lowest BCUT2D eigenvalue weighted by Gasteiger charge is -2.30. The Morgan fingerprint density at radius 1 is 1.12 bits per heavy atom. The molecule has 0 spiro atoms. The zero-order valence-corrected chi connectivity index (χ0v) is 14.8. The number of hydrogen-bond donors (Lipinski definition) is 1. The highest BCUT2D eigenvalue weighted by Crippen LogP contribution is 2.45. The van der Waals surface area contributed by atoms with Gasteiger partial charge in [-0.15, -0.1) is 0 Å². The highest BCUT2D eigenvalue weighted by atomic mass is 16.5. The van der Waals surface area contributed by atoms with Crippen LogP contribution in [0.15, 0.2) is 18.3 Å². The van der Waals surface area contributed by atoms with Crippen molar-refractivity contribution in [3.63, 3.8) is 0 Å². The van der Waals surface area contributed by atoms with Gasteiger partial charge in [-0.25, -0.2) is 0 Å². The minimum Gasteiger partial charge on any atom is -0.378 e. The molecule has 0 atom stereocenters. The SMILES string of the molecule is CC(C)(C)c1cc(-c2cc(N3CCOCC3)c(C3CC3)cn2)n[nH]1. The smallest absolute Gasteiger partial charge is 0.111 e. The molecule has 1 saturated carbocycles. The van der Waals surface area contributed by atoms with E-state index >= 15 is 0 Å². The standard InChI is InChI=1S/C19H26N4O/c1-19(2,3)18-11-16(21-22-18)15-10-17(23-6-8-24-9-7-23)14(12-20-15)13-4-5-13/h10-13H,4-9H2,1-3H3,(H,21,22). The average Bonchev–Trinajstić information content (AvgIpc) is 3.29. The van der Waals surface area contributed by atoms with Crippen LogP contribution in [-0.4, -0.2) is 41.5 Å². The molecular weight excluding hydrogens is 300 g/mol. The normalized spacial score (nSPS) is 18.9. The van der Waals surface area contributed by atoms with Crippen LogP contribution < -0.4 is 4.90 Å². The molecule has 2 aliphatic rings. The molecular formula is C19H26N4O. The topological polar surface area (TPSA) is 54.0 Å². The van der Waals surface area contributed by atoms with Crippen LogP contribution in [0, 0.1) is 0 Å². The third-order valence-corrected chi connectivity index (χ3v) is 4.93. The highest BCUT2D eigenvalue weighted by molar-refractivity contribution is 5.66. The number of anilines is 1. The summed E-state index contributed by atoms with van der Waals surface area (Å²) in [5, 5.41) is 7.67. The van der Waals surface area contributed by atoms with Gasteiger partial charge in [-0.2, -0.15) is 5.10 Å². The first-order chi connectivity index (χ1) is 11.5. The Morgan fingerprint density at radius 3 is 2.50 bits per heavy atom. The lowest BCUT2D eigenvalue weighted by atomic mass is 9.92. The number of rotatable bonds is 3. The first-order valence-corrected chi connectivity index (χ1v) is 8.91. The molecule has 2 aromatic rings. The van der Waals surface area contributed by atoms with Gasteiger partial charge in [-0.1, -0.05) is 20.8 Å². The molecule has 0 bridgehead atoms. The maximum atomic E-state index is 5.52. The lowest BCUT2D eigenvalue weighted by molar-refractivity contribution is 0.122. The second-order valence-corrected chi connectivity index (χ2v) is 7.92. The van der Waals surface area contributed by atoms with Gasteiger partial charge >= 0.3 is 0 Å². The molecule has 0 aromatic carbocycles. The van der Waals surface area contributed by atoms with E-state index in [9.17, 15) is 0 Å². The Bertz CT molecular complexity index is 721. The predicted octanol–water partition coefficient (Wildman–Crippen LogP) is 3.48. The van der Waals surface area contributed by atoms with Crippen LogP contribution in [-0.2, 0) is 10.2 Å². The van der Waals surface area contributed by atoms with E-state index in [-0.39, 0.29) is 5.41 Å². The summed E-state index contributed by atoms with van der Waals surface area (Å²) in [6.45, 7) is 10.1. The molecule has 0 unspecified atom stereocenters. The fraction of sp³-hybridized carbons (Fsp3) is 0.579. The van der Waals surface area contributed by atoms with Crippen LogP contribution in [0.5, 0.6) is 0 Å². The van der Waals surface area contributed by atoms with E-state index in [0.29, 0.717) is 5.92 Å². The summed E-state index contributed by atoms with van der Waals surface area (Å²) in [7, 11) is 0. The lowest BCUT2D eigenvalue weighted by Crippen LogP contribution is -2.36. The van der Waals surface area contributed by atoms with Crippen molar-refractivity contribution < 1.29 is 4.74 Å². The van der Waals surface area contributed by atoms with E-state index < -0.39 is 0 Å². The van der Waals surface area contributed by atoms with E-state index in [1.165, 1.54) is 24.1 Å². The first kappa shape index (κ1) is 15.6. The molecule has 5 heteroatoms. The molecule has 128 valence electrons. The van der Waals surface area contributed by atoms with Crippen molar-refractivity contribution in [3.8, 4) is 11.4 Å². The van der Waals surface area contributed by atoms with Gasteiger partial charge in [0.05, 0.1) is 18.9 Å². The van der Waals surface area contributed by atoms with Gasteiger partial charge < -0.3 is 9.64 Å². The largest absolute Gasteiger partial charge is 0.378 e. The van der Waals surface area contributed by atoms with Crippen LogP contribution in [0.4, 0.5) is 5.69 Å². The van der Waals surface area contributed by atoms with Gasteiger partial charge in [0.2, 0.25) is 0 Å². The van der Waals surface area contributed by atoms with Crippen LogP contribution >= 0.6 is 0 Å². The van der Waals surface area contributed by atoms with Crippen molar-refractivity contribution in [2.75, 3.05) is 31.2 Å². The fourth-order valence-corrected chi connectivity index (χ4v) is 3.22. The molecule has 1 N–H and O–H groups in total. The third kappa shape index (κ3) is 3.05. The van der Waals surface area contributed by atoms with Crippen LogP contribution in [0.1, 0.15) is 50.8 Å². The number of nitrogens with one attached hydrogen (secondary N) is 1. The number of ether oxygens (including phenoxy) is 1. The zero-order valence-electron chi connectivity index (χ0n) is 14.8. The van der Waals surface area contributed by atoms with Crippen molar-refractivity contribution in [2.45, 2.75) is 44.9 Å². The molecule has 1 aliphatic carbocycles. The maximum Gasteiger partial charge on any atom is 0.111 e. The fourth-order valence-electron chi connectivity index (χ4n) is 3.22. The van der Waals surface area contributed by atoms with E-state index in [1.54, 1.807) is 0 Å². The van der Waals surface area contributed by atoms with Gasteiger partial charge in [0.1, 0.15) is 5.69 Å². The third-order valence-electron chi connectivity index (χ3n) is 4.93. The highest BCUT2D eigenvalue weighted by Gasteiger charge is 2.29. The van der Waals surface area contributed by atoms with E-state index in [1.807, 2.05) is 0 Å². The molecule has 2 aromatic heterocycles. The molecule has 1 saturated heterocycles. The van der Waals surface area contributed by atoms with Crippen molar-refractivity contribution in [1.29, 1.82) is 0 Å². The number of H-pyrrole nitrogens is 1. The van der Waals surface area contributed by atoms with Gasteiger partial charge in [-0.05, 0) is 36.5 Å². The Labute approximate surface area is 143 Å². The number of aromatic nitrogens is 3. The quantitative estimate of drug-likeness (QED) is 0.938. The van der Waals surface area contributed by atoms with Gasteiger partial charge in [-0.3, -0.25) is 10.1 Å². The minimum absolute atomic E-state index is 0.0617. The Balaban J connectivity index is 1.70. The molecule has 0 radical (unpaired) electrons. The summed E-state index contributed by atoms with van der Waals surface area (Å²) in [5.41, 5.74) is 5.80. The first-order valence-electron chi connectivity index (χ1n) is 8.91. The number of aromatic amines is 1. The van der Waals surface area contributed by atoms with E-state index in [2.05, 4.69) is 54.2 Å². The van der Waals surface area contributed by atoms with E-state index in [4.69, 9.17) is 9.72 Å². The van der Waals surface area contributed by atoms with Crippen LogP contribution in [0.2, 0.25) is 0 Å². The second-order valence-electron chi connectivity index (χ2n) is 7.92. The summed E-state index contributed by atoms with van der Waals surface area (Å²) in [6, 6.07) is 4.35. The Hall–Kier alpha value is -1.88. The number of hydrogen-bond acceptors (Lipinski definition) is 4. The molecule has 3 heterocycles. The molecule has 1 aliphatic heterocycles. The second kappa shape index (κ2) is 5.88.